The van der Waals surface area contributed by atoms with E-state index in [-0.39, 0.29) is 12.4 Å². The highest BCUT2D eigenvalue weighted by Crippen LogP contribution is 2.22. The number of sulfonamides is 1. The lowest BCUT2D eigenvalue weighted by molar-refractivity contribution is -0.134. The normalized spacial score (nSPS) is 14.4. The molecule has 0 amide bonds. The molecule has 0 unspecified atom stereocenters. The Hall–Kier alpha value is -1.03. The highest BCUT2D eigenvalue weighted by Gasteiger charge is 2.30. The molecule has 6 nitrogen and oxygen atoms in total. The molecular formula is C9H18F3N3O3S. The van der Waals surface area contributed by atoms with E-state index >= 15 is 0 Å². The average Bonchev–Trinajstić information content (AvgIpc) is 2.22. The number of amidine groups is 1. The van der Waals surface area contributed by atoms with Gasteiger partial charge in [0.25, 0.3) is 0 Å². The summed E-state index contributed by atoms with van der Waals surface area (Å²) < 4.78 is 60.6. The molecule has 0 rings (SSSR count). The van der Waals surface area contributed by atoms with Gasteiger partial charge in [0.1, 0.15) is 0 Å². The monoisotopic (exact) mass is 305 g/mol. The third-order valence-corrected chi connectivity index (χ3v) is 4.31. The molecular weight excluding hydrogens is 287 g/mol. The van der Waals surface area contributed by atoms with Crippen molar-refractivity contribution in [1.82, 2.24) is 4.31 Å². The minimum Gasteiger partial charge on any atom is -0.409 e. The van der Waals surface area contributed by atoms with Gasteiger partial charge in [0, 0.05) is 12.5 Å². The summed E-state index contributed by atoms with van der Waals surface area (Å²) in [6, 6.07) is -0.504. The molecule has 3 N–H and O–H groups in total. The van der Waals surface area contributed by atoms with E-state index in [1.165, 1.54) is 0 Å². The molecule has 10 heteroatoms. The third kappa shape index (κ3) is 7.21. The topological polar surface area (TPSA) is 96.0 Å². The largest absolute Gasteiger partial charge is 0.409 e. The van der Waals surface area contributed by atoms with Crippen LogP contribution in [0.2, 0.25) is 0 Å². The predicted molar refractivity (Wildman–Crippen MR) is 64.3 cm³/mol. The van der Waals surface area contributed by atoms with Crippen LogP contribution in [0.1, 0.15) is 26.7 Å². The van der Waals surface area contributed by atoms with Crippen LogP contribution in [0.5, 0.6) is 0 Å². The molecule has 0 aromatic heterocycles. The van der Waals surface area contributed by atoms with Gasteiger partial charge < -0.3 is 10.9 Å². The Labute approximate surface area is 110 Å². The summed E-state index contributed by atoms with van der Waals surface area (Å²) in [4.78, 5) is 0. The van der Waals surface area contributed by atoms with Gasteiger partial charge in [-0.15, -0.1) is 0 Å². The van der Waals surface area contributed by atoms with Crippen molar-refractivity contribution in [2.24, 2.45) is 10.9 Å². The number of nitrogens with zero attached hydrogens (tertiary/aromatic N) is 2. The van der Waals surface area contributed by atoms with E-state index in [0.29, 0.717) is 0 Å². The van der Waals surface area contributed by atoms with Gasteiger partial charge in [-0.3, -0.25) is 0 Å². The summed E-state index contributed by atoms with van der Waals surface area (Å²) in [6.07, 6.45) is -6.07. The van der Waals surface area contributed by atoms with Crippen LogP contribution < -0.4 is 5.73 Å². The van der Waals surface area contributed by atoms with E-state index < -0.39 is 40.8 Å². The molecule has 0 aliphatic carbocycles. The maximum atomic E-state index is 12.0. The van der Waals surface area contributed by atoms with Crippen LogP contribution in [0.25, 0.3) is 0 Å². The number of hydrogen-bond donors (Lipinski definition) is 2. The van der Waals surface area contributed by atoms with Crippen LogP contribution in [-0.4, -0.2) is 48.3 Å². The van der Waals surface area contributed by atoms with Crippen molar-refractivity contribution >= 4 is 15.9 Å². The van der Waals surface area contributed by atoms with Crippen molar-refractivity contribution in [1.29, 1.82) is 0 Å². The molecule has 0 aromatic carbocycles. The average molecular weight is 305 g/mol. The molecule has 0 saturated heterocycles. The van der Waals surface area contributed by atoms with E-state index in [1.807, 2.05) is 0 Å². The second-order valence-corrected chi connectivity index (χ2v) is 6.31. The summed E-state index contributed by atoms with van der Waals surface area (Å²) in [7, 11) is -3.89. The highest BCUT2D eigenvalue weighted by molar-refractivity contribution is 7.89. The molecule has 0 atom stereocenters. The molecule has 0 spiro atoms. The summed E-state index contributed by atoms with van der Waals surface area (Å²) in [5.74, 6) is -0.961. The fraction of sp³-hybridized carbons (Fsp3) is 0.889. The summed E-state index contributed by atoms with van der Waals surface area (Å²) in [6.45, 7) is 2.74. The second kappa shape index (κ2) is 6.94. The van der Waals surface area contributed by atoms with E-state index in [2.05, 4.69) is 5.16 Å². The highest BCUT2D eigenvalue weighted by atomic mass is 32.2. The number of hydrogen-bond acceptors (Lipinski definition) is 4. The lowest BCUT2D eigenvalue weighted by atomic mass is 10.3. The van der Waals surface area contributed by atoms with Crippen molar-refractivity contribution in [2.45, 2.75) is 38.9 Å². The van der Waals surface area contributed by atoms with Crippen molar-refractivity contribution in [3.8, 4) is 0 Å². The van der Waals surface area contributed by atoms with E-state index in [1.54, 1.807) is 13.8 Å². The summed E-state index contributed by atoms with van der Waals surface area (Å²) in [5, 5.41) is 11.1. The quantitative estimate of drug-likeness (QED) is 0.319. The van der Waals surface area contributed by atoms with Crippen LogP contribution >= 0.6 is 0 Å². The van der Waals surface area contributed by atoms with E-state index in [9.17, 15) is 21.6 Å². The van der Waals surface area contributed by atoms with Crippen LogP contribution in [-0.2, 0) is 10.0 Å². The van der Waals surface area contributed by atoms with Gasteiger partial charge in [-0.05, 0) is 20.3 Å². The van der Waals surface area contributed by atoms with Crippen LogP contribution in [0, 0.1) is 0 Å². The number of alkyl halides is 3. The van der Waals surface area contributed by atoms with Gasteiger partial charge in [-0.1, -0.05) is 5.16 Å². The Bertz CT molecular complexity index is 407. The van der Waals surface area contributed by atoms with E-state index in [4.69, 9.17) is 10.9 Å². The van der Waals surface area contributed by atoms with Gasteiger partial charge in [0.05, 0.1) is 12.3 Å². The first-order valence-corrected chi connectivity index (χ1v) is 7.13. The summed E-state index contributed by atoms with van der Waals surface area (Å²) >= 11 is 0. The maximum absolute atomic E-state index is 12.0. The molecule has 0 bridgehead atoms. The fourth-order valence-corrected chi connectivity index (χ4v) is 3.08. The Kier molecular flexibility index (Phi) is 6.57. The van der Waals surface area contributed by atoms with Gasteiger partial charge in [-0.25, -0.2) is 8.42 Å². The third-order valence-electron chi connectivity index (χ3n) is 2.24. The Morgan fingerprint density at radius 2 is 1.95 bits per heavy atom. The van der Waals surface area contributed by atoms with Gasteiger partial charge >= 0.3 is 6.18 Å². The SMILES string of the molecule is CC(C)N(CC(N)=NO)S(=O)(=O)CCCC(F)(F)F. The Morgan fingerprint density at radius 3 is 2.32 bits per heavy atom. The molecule has 0 fully saturated rings. The zero-order valence-electron chi connectivity index (χ0n) is 10.7. The molecule has 0 aliphatic rings. The fourth-order valence-electron chi connectivity index (χ4n) is 1.37. The van der Waals surface area contributed by atoms with Gasteiger partial charge in [0.2, 0.25) is 10.0 Å². The Balaban J connectivity index is 4.73. The minimum atomic E-state index is -4.39. The molecule has 0 heterocycles. The lowest BCUT2D eigenvalue weighted by Gasteiger charge is -2.25. The zero-order chi connectivity index (χ0) is 15.3. The smallest absolute Gasteiger partial charge is 0.389 e. The van der Waals surface area contributed by atoms with Crippen LogP contribution in [0.4, 0.5) is 13.2 Å². The first-order chi connectivity index (χ1) is 8.49. The van der Waals surface area contributed by atoms with Crippen LogP contribution in [0.3, 0.4) is 0 Å². The lowest BCUT2D eigenvalue weighted by Crippen LogP contribution is -2.44. The second-order valence-electron chi connectivity index (χ2n) is 4.27. The van der Waals surface area contributed by atoms with Gasteiger partial charge in [-0.2, -0.15) is 17.5 Å². The van der Waals surface area contributed by atoms with Crippen molar-refractivity contribution < 1.29 is 26.8 Å². The molecule has 19 heavy (non-hydrogen) atoms. The van der Waals surface area contributed by atoms with Gasteiger partial charge in [0.15, 0.2) is 5.84 Å². The van der Waals surface area contributed by atoms with Crippen LogP contribution in [0.15, 0.2) is 5.16 Å². The first-order valence-electron chi connectivity index (χ1n) is 5.52. The molecule has 0 aliphatic heterocycles. The first kappa shape index (κ1) is 18.0. The van der Waals surface area contributed by atoms with Crippen molar-refractivity contribution in [3.63, 3.8) is 0 Å². The standard InChI is InChI=1S/C9H18F3N3O3S/c1-7(2)15(6-8(13)14-16)19(17,18)5-3-4-9(10,11)12/h7,16H,3-6H2,1-2H3,(H2,13,14). The van der Waals surface area contributed by atoms with Crippen molar-refractivity contribution in [3.05, 3.63) is 0 Å². The number of rotatable bonds is 7. The van der Waals surface area contributed by atoms with Crippen molar-refractivity contribution in [2.75, 3.05) is 12.3 Å². The molecule has 0 aromatic rings. The number of halogens is 3. The number of nitrogens with two attached hydrogens (primary N) is 1. The molecule has 0 saturated carbocycles. The molecule has 0 radical (unpaired) electrons. The zero-order valence-corrected chi connectivity index (χ0v) is 11.5. The maximum Gasteiger partial charge on any atom is 0.389 e. The van der Waals surface area contributed by atoms with E-state index in [0.717, 1.165) is 4.31 Å². The Morgan fingerprint density at radius 1 is 1.42 bits per heavy atom. The molecule has 114 valence electrons. The summed E-state index contributed by atoms with van der Waals surface area (Å²) in [5.41, 5.74) is 5.22. The minimum absolute atomic E-state index is 0.326. The predicted octanol–water partition coefficient (Wildman–Crippen LogP) is 1.12. The number of oxime groups is 1.